The summed E-state index contributed by atoms with van der Waals surface area (Å²) in [5.41, 5.74) is -4.61. The molecule has 2 aliphatic carbocycles. The van der Waals surface area contributed by atoms with Crippen LogP contribution >= 0.6 is 0 Å². The first kappa shape index (κ1) is 15.6. The molecule has 1 aliphatic heterocycles. The molecular formula is C12H15FO8S. The fourth-order valence-corrected chi connectivity index (χ4v) is 4.71. The minimum atomic E-state index is -4.44. The normalized spacial score (nSPS) is 44.0. The van der Waals surface area contributed by atoms with Gasteiger partial charge in [0.05, 0.1) is 19.1 Å². The fourth-order valence-electron chi connectivity index (χ4n) is 3.55. The van der Waals surface area contributed by atoms with Crippen LogP contribution < -0.4 is 0 Å². The zero-order chi connectivity index (χ0) is 16.3. The summed E-state index contributed by atoms with van der Waals surface area (Å²) in [7, 11) is -4.44. The Kier molecular flexibility index (Phi) is 3.28. The zero-order valence-electron chi connectivity index (χ0n) is 11.9. The maximum Gasteiger partial charge on any atom is 0.401 e. The molecule has 1 saturated heterocycles. The molecule has 0 bridgehead atoms. The van der Waals surface area contributed by atoms with Crippen LogP contribution in [0.5, 0.6) is 0 Å². The molecule has 8 nitrogen and oxygen atoms in total. The average Bonchev–Trinajstić information content (AvgIpc) is 2.73. The van der Waals surface area contributed by atoms with E-state index in [0.29, 0.717) is 0 Å². The van der Waals surface area contributed by atoms with E-state index < -0.39 is 51.5 Å². The Morgan fingerprint density at radius 2 is 1.82 bits per heavy atom. The summed E-state index contributed by atoms with van der Waals surface area (Å²) >= 11 is 0. The van der Waals surface area contributed by atoms with Crippen LogP contribution in [0.15, 0.2) is 0 Å². The molecule has 0 unspecified atom stereocenters. The molecule has 2 saturated carbocycles. The Labute approximate surface area is 126 Å². The van der Waals surface area contributed by atoms with E-state index in [-0.39, 0.29) is 19.6 Å². The first-order valence-corrected chi connectivity index (χ1v) is 8.24. The smallest absolute Gasteiger partial charge is 0.401 e. The molecule has 3 fully saturated rings. The third-order valence-electron chi connectivity index (χ3n) is 4.35. The number of carbonyl (C=O) groups excluding carboxylic acids is 2. The first-order chi connectivity index (χ1) is 10.2. The van der Waals surface area contributed by atoms with Crippen molar-refractivity contribution in [1.29, 1.82) is 0 Å². The van der Waals surface area contributed by atoms with Crippen LogP contribution in [0.1, 0.15) is 20.3 Å². The van der Waals surface area contributed by atoms with Gasteiger partial charge < -0.3 is 9.47 Å². The lowest BCUT2D eigenvalue weighted by Gasteiger charge is -2.26. The fraction of sp³-hybridized carbons (Fsp3) is 0.833. The summed E-state index contributed by atoms with van der Waals surface area (Å²) < 4.78 is 57.0. The van der Waals surface area contributed by atoms with E-state index in [2.05, 4.69) is 4.74 Å². The van der Waals surface area contributed by atoms with Gasteiger partial charge in [0.15, 0.2) is 0 Å². The van der Waals surface area contributed by atoms with Gasteiger partial charge in [0.1, 0.15) is 6.10 Å². The van der Waals surface area contributed by atoms with E-state index in [4.69, 9.17) is 13.1 Å². The van der Waals surface area contributed by atoms with Crippen molar-refractivity contribution in [3.8, 4) is 0 Å². The van der Waals surface area contributed by atoms with Gasteiger partial charge in [-0.2, -0.15) is 8.42 Å². The van der Waals surface area contributed by atoms with E-state index in [1.165, 1.54) is 13.8 Å². The van der Waals surface area contributed by atoms with Crippen LogP contribution in [-0.4, -0.2) is 50.9 Å². The Hall–Kier alpha value is -1.26. The van der Waals surface area contributed by atoms with Gasteiger partial charge in [-0.05, 0) is 20.3 Å². The minimum Gasteiger partial charge on any atom is -0.464 e. The van der Waals surface area contributed by atoms with Gasteiger partial charge in [-0.3, -0.25) is 0 Å². The number of esters is 2. The monoisotopic (exact) mass is 338 g/mol. The summed E-state index contributed by atoms with van der Waals surface area (Å²) in [6.45, 7) is 2.95. The minimum absolute atomic E-state index is 0.0323. The number of alkyl halides is 1. The lowest BCUT2D eigenvalue weighted by Crippen LogP contribution is -2.52. The van der Waals surface area contributed by atoms with E-state index >= 15 is 0 Å². The van der Waals surface area contributed by atoms with Crippen LogP contribution in [0.2, 0.25) is 0 Å². The maximum atomic E-state index is 14.9. The molecule has 3 rings (SSSR count). The third kappa shape index (κ3) is 1.77. The molecule has 0 aromatic heterocycles. The number of carbonyl (C=O) groups is 2. The van der Waals surface area contributed by atoms with Gasteiger partial charge in [-0.15, -0.1) is 0 Å². The number of hydrogen-bond acceptors (Lipinski definition) is 8. The summed E-state index contributed by atoms with van der Waals surface area (Å²) in [6, 6.07) is 0. The summed E-state index contributed by atoms with van der Waals surface area (Å²) in [5, 5.41) is 0. The van der Waals surface area contributed by atoms with Gasteiger partial charge in [-0.1, -0.05) is 0 Å². The molecule has 10 heteroatoms. The van der Waals surface area contributed by atoms with Crippen molar-refractivity contribution < 1.29 is 40.2 Å². The summed E-state index contributed by atoms with van der Waals surface area (Å²) in [5.74, 6) is -4.35. The van der Waals surface area contributed by atoms with Gasteiger partial charge in [-0.25, -0.2) is 22.3 Å². The van der Waals surface area contributed by atoms with Crippen molar-refractivity contribution in [1.82, 2.24) is 0 Å². The maximum absolute atomic E-state index is 14.9. The first-order valence-electron chi connectivity index (χ1n) is 6.91. The highest BCUT2D eigenvalue weighted by Gasteiger charge is 2.90. The van der Waals surface area contributed by atoms with E-state index in [1.54, 1.807) is 0 Å². The van der Waals surface area contributed by atoms with Gasteiger partial charge in [0.25, 0.3) is 0 Å². The van der Waals surface area contributed by atoms with Gasteiger partial charge >= 0.3 is 22.3 Å². The van der Waals surface area contributed by atoms with Crippen LogP contribution in [0.4, 0.5) is 4.39 Å². The van der Waals surface area contributed by atoms with Crippen molar-refractivity contribution in [3.05, 3.63) is 0 Å². The second-order valence-corrected chi connectivity index (χ2v) is 6.57. The molecule has 3 aliphatic rings. The van der Waals surface area contributed by atoms with E-state index in [1.807, 2.05) is 0 Å². The van der Waals surface area contributed by atoms with E-state index in [9.17, 15) is 22.4 Å². The number of fused-ring (bicyclic) bond motifs is 3. The predicted molar refractivity (Wildman–Crippen MR) is 66.3 cm³/mol. The van der Waals surface area contributed by atoms with Crippen molar-refractivity contribution >= 4 is 22.3 Å². The molecule has 0 amide bonds. The Morgan fingerprint density at radius 1 is 1.23 bits per heavy atom. The molecular weight excluding hydrogens is 323 g/mol. The van der Waals surface area contributed by atoms with Crippen LogP contribution in [0.3, 0.4) is 0 Å². The average molecular weight is 338 g/mol. The topological polar surface area (TPSA) is 105 Å². The molecule has 0 aromatic rings. The van der Waals surface area contributed by atoms with Crippen LogP contribution in [0.25, 0.3) is 0 Å². The standard InChI is InChI=1S/C12H15FO8S/c1-3-18-9(14)11(13)6-5-7-12(8(6)11,10(15)19-4-2)21-22(16,17)20-7/h6-8H,3-5H2,1-2H3/t6-,7-,8+,11-,12-/m1/s1. The molecule has 22 heavy (non-hydrogen) atoms. The molecule has 1 heterocycles. The number of hydrogen-bond donors (Lipinski definition) is 0. The quantitative estimate of drug-likeness (QED) is 0.653. The second kappa shape index (κ2) is 4.62. The largest absolute Gasteiger partial charge is 0.464 e. The molecule has 0 N–H and O–H groups in total. The highest BCUT2D eigenvalue weighted by molar-refractivity contribution is 7.82. The van der Waals surface area contributed by atoms with Gasteiger partial charge in [0, 0.05) is 5.92 Å². The number of halogens is 1. The second-order valence-electron chi connectivity index (χ2n) is 5.40. The summed E-state index contributed by atoms with van der Waals surface area (Å²) in [4.78, 5) is 24.0. The Bertz CT molecular complexity index is 633. The van der Waals surface area contributed by atoms with Crippen LogP contribution in [0, 0.1) is 11.8 Å². The SMILES string of the molecule is CCOC(=O)[C@@]1(F)[C@@H]2C[C@H]3OS(=O)(=O)O[C@@]3(C(=O)OCC)[C@@H]21. The Morgan fingerprint density at radius 3 is 2.41 bits per heavy atom. The highest BCUT2D eigenvalue weighted by Crippen LogP contribution is 2.71. The molecule has 0 spiro atoms. The van der Waals surface area contributed by atoms with Crippen molar-refractivity contribution in [3.63, 3.8) is 0 Å². The van der Waals surface area contributed by atoms with Crippen molar-refractivity contribution in [2.24, 2.45) is 11.8 Å². The molecule has 0 aromatic carbocycles. The van der Waals surface area contributed by atoms with E-state index in [0.717, 1.165) is 0 Å². The number of rotatable bonds is 4. The predicted octanol–water partition coefficient (Wildman–Crippen LogP) is -0.130. The Balaban J connectivity index is 1.98. The van der Waals surface area contributed by atoms with Crippen molar-refractivity contribution in [2.75, 3.05) is 13.2 Å². The summed E-state index contributed by atoms with van der Waals surface area (Å²) in [6.07, 6.45) is -1.33. The lowest BCUT2D eigenvalue weighted by molar-refractivity contribution is -0.169. The van der Waals surface area contributed by atoms with Crippen LogP contribution in [-0.2, 0) is 37.8 Å². The molecule has 0 radical (unpaired) electrons. The lowest BCUT2D eigenvalue weighted by atomic mass is 9.91. The van der Waals surface area contributed by atoms with Gasteiger partial charge in [0.2, 0.25) is 11.3 Å². The zero-order valence-corrected chi connectivity index (χ0v) is 12.7. The molecule has 124 valence electrons. The third-order valence-corrected chi connectivity index (χ3v) is 5.30. The molecule has 5 atom stereocenters. The van der Waals surface area contributed by atoms with Crippen molar-refractivity contribution in [2.45, 2.75) is 37.6 Å². The number of ether oxygens (including phenoxy) is 2. The highest BCUT2D eigenvalue weighted by atomic mass is 32.3.